The Morgan fingerprint density at radius 2 is 1.93 bits per heavy atom. The second-order valence-electron chi connectivity index (χ2n) is 6.65. The minimum Gasteiger partial charge on any atom is -0.356 e. The fourth-order valence-electron chi connectivity index (χ4n) is 2.93. The number of hydrogen-bond acceptors (Lipinski definition) is 3. The Morgan fingerprint density at radius 1 is 1.13 bits per heavy atom. The molecule has 0 fully saturated rings. The Bertz CT molecular complexity index is 1010. The summed E-state index contributed by atoms with van der Waals surface area (Å²) in [5, 5.41) is 14.3. The molecule has 0 aliphatic carbocycles. The van der Waals surface area contributed by atoms with Crippen LogP contribution in [-0.2, 0) is 13.0 Å². The summed E-state index contributed by atoms with van der Waals surface area (Å²) in [4.78, 5) is 16.0. The number of rotatable bonds is 7. The van der Waals surface area contributed by atoms with Gasteiger partial charge in [0.25, 0.3) is 5.91 Å². The third kappa shape index (κ3) is 5.84. The minimum absolute atomic E-state index is 0.0820. The van der Waals surface area contributed by atoms with Gasteiger partial charge in [0, 0.05) is 49.5 Å². The normalized spacial score (nSPS) is 11.2. The van der Waals surface area contributed by atoms with Crippen LogP contribution in [0.3, 0.4) is 0 Å². The third-order valence-corrected chi connectivity index (χ3v) is 4.79. The molecular weight excluding hydrogens is 400 g/mol. The minimum atomic E-state index is -0.0820. The molecule has 0 unspecified atom stereocenters. The van der Waals surface area contributed by atoms with Gasteiger partial charge >= 0.3 is 0 Å². The lowest BCUT2D eigenvalue weighted by Crippen LogP contribution is -2.37. The second-order valence-corrected chi connectivity index (χ2v) is 7.09. The number of carbonyl (C=O) groups is 1. The molecule has 0 saturated heterocycles. The highest BCUT2D eigenvalue weighted by atomic mass is 35.5. The summed E-state index contributed by atoms with van der Waals surface area (Å²) in [6.45, 7) is 1.29. The van der Waals surface area contributed by atoms with Crippen LogP contribution >= 0.6 is 11.6 Å². The molecule has 156 valence electrons. The Labute approximate surface area is 181 Å². The van der Waals surface area contributed by atoms with Gasteiger partial charge in [-0.2, -0.15) is 5.10 Å². The Balaban J connectivity index is 1.49. The average Bonchev–Trinajstić information content (AvgIpc) is 3.25. The fraction of sp³-hybridized carbons (Fsp3) is 0.227. The van der Waals surface area contributed by atoms with Gasteiger partial charge in [0.15, 0.2) is 5.96 Å². The number of guanidine groups is 1. The first kappa shape index (κ1) is 21.4. The molecule has 0 bridgehead atoms. The van der Waals surface area contributed by atoms with E-state index in [0.29, 0.717) is 29.6 Å². The summed E-state index contributed by atoms with van der Waals surface area (Å²) in [7, 11) is 3.37. The second kappa shape index (κ2) is 10.5. The topological polar surface area (TPSA) is 83.3 Å². The summed E-state index contributed by atoms with van der Waals surface area (Å²) in [6, 6.07) is 15.1. The number of amides is 1. The lowest BCUT2D eigenvalue weighted by atomic mass is 10.1. The van der Waals surface area contributed by atoms with E-state index in [4.69, 9.17) is 11.6 Å². The summed E-state index contributed by atoms with van der Waals surface area (Å²) in [5.74, 6) is 0.623. The largest absolute Gasteiger partial charge is 0.356 e. The van der Waals surface area contributed by atoms with Crippen molar-refractivity contribution in [1.29, 1.82) is 0 Å². The zero-order valence-electron chi connectivity index (χ0n) is 17.0. The maximum atomic E-state index is 11.8. The monoisotopic (exact) mass is 424 g/mol. The molecule has 3 aromatic rings. The van der Waals surface area contributed by atoms with E-state index in [2.05, 4.69) is 26.0 Å². The molecule has 1 aromatic heterocycles. The van der Waals surface area contributed by atoms with Crippen molar-refractivity contribution in [3.8, 4) is 5.69 Å². The molecule has 3 rings (SSSR count). The maximum Gasteiger partial charge on any atom is 0.251 e. The Kier molecular flexibility index (Phi) is 7.45. The van der Waals surface area contributed by atoms with Gasteiger partial charge in [0.2, 0.25) is 0 Å². The number of carbonyl (C=O) groups excluding carboxylic acids is 1. The van der Waals surface area contributed by atoms with Crippen molar-refractivity contribution in [1.82, 2.24) is 25.7 Å². The molecule has 8 heteroatoms. The van der Waals surface area contributed by atoms with Crippen LogP contribution in [0.15, 0.2) is 65.9 Å². The number of nitrogens with one attached hydrogen (secondary N) is 3. The van der Waals surface area contributed by atoms with Gasteiger partial charge in [-0.05, 0) is 48.4 Å². The van der Waals surface area contributed by atoms with E-state index in [-0.39, 0.29) is 5.91 Å². The van der Waals surface area contributed by atoms with Crippen LogP contribution in [0.5, 0.6) is 0 Å². The highest BCUT2D eigenvalue weighted by molar-refractivity contribution is 6.30. The number of aliphatic imine (C=N–C) groups is 1. The molecule has 2 aromatic carbocycles. The maximum absolute atomic E-state index is 11.8. The van der Waals surface area contributed by atoms with Crippen LogP contribution in [-0.4, -0.2) is 42.3 Å². The van der Waals surface area contributed by atoms with Crippen LogP contribution in [0, 0.1) is 0 Å². The third-order valence-electron chi connectivity index (χ3n) is 4.53. The van der Waals surface area contributed by atoms with Crippen molar-refractivity contribution in [2.24, 2.45) is 4.99 Å². The molecule has 1 heterocycles. The van der Waals surface area contributed by atoms with Crippen LogP contribution in [0.1, 0.15) is 21.5 Å². The zero-order valence-corrected chi connectivity index (χ0v) is 17.8. The van der Waals surface area contributed by atoms with Crippen molar-refractivity contribution in [2.75, 3.05) is 20.6 Å². The van der Waals surface area contributed by atoms with E-state index in [1.54, 1.807) is 20.2 Å². The van der Waals surface area contributed by atoms with E-state index >= 15 is 0 Å². The predicted molar refractivity (Wildman–Crippen MR) is 120 cm³/mol. The molecule has 1 amide bonds. The molecule has 7 nitrogen and oxygen atoms in total. The van der Waals surface area contributed by atoms with Crippen LogP contribution < -0.4 is 16.0 Å². The number of aromatic nitrogens is 2. The van der Waals surface area contributed by atoms with E-state index in [9.17, 15) is 4.79 Å². The average molecular weight is 425 g/mol. The first-order valence-corrected chi connectivity index (χ1v) is 10.0. The zero-order chi connectivity index (χ0) is 21.3. The lowest BCUT2D eigenvalue weighted by molar-refractivity contribution is 0.0963. The molecule has 3 N–H and O–H groups in total. The first-order valence-electron chi connectivity index (χ1n) is 9.64. The van der Waals surface area contributed by atoms with Crippen molar-refractivity contribution >= 4 is 23.5 Å². The van der Waals surface area contributed by atoms with E-state index in [1.165, 1.54) is 0 Å². The molecule has 30 heavy (non-hydrogen) atoms. The molecule has 0 atom stereocenters. The fourth-order valence-corrected chi connectivity index (χ4v) is 3.06. The highest BCUT2D eigenvalue weighted by Crippen LogP contribution is 2.13. The molecule has 0 radical (unpaired) electrons. The highest BCUT2D eigenvalue weighted by Gasteiger charge is 2.05. The quantitative estimate of drug-likeness (QED) is 0.402. The van der Waals surface area contributed by atoms with Gasteiger partial charge in [-0.1, -0.05) is 23.7 Å². The van der Waals surface area contributed by atoms with Gasteiger partial charge < -0.3 is 16.0 Å². The molecule has 0 saturated carbocycles. The van der Waals surface area contributed by atoms with Crippen molar-refractivity contribution in [3.05, 3.63) is 82.6 Å². The van der Waals surface area contributed by atoms with Gasteiger partial charge in [-0.15, -0.1) is 0 Å². The number of nitrogens with zero attached hydrogens (tertiary/aromatic N) is 3. The van der Waals surface area contributed by atoms with Gasteiger partial charge in [-0.3, -0.25) is 9.79 Å². The van der Waals surface area contributed by atoms with Gasteiger partial charge in [0.05, 0.1) is 11.9 Å². The van der Waals surface area contributed by atoms with Crippen molar-refractivity contribution in [2.45, 2.75) is 13.0 Å². The van der Waals surface area contributed by atoms with Crippen LogP contribution in [0.4, 0.5) is 0 Å². The first-order chi connectivity index (χ1) is 14.6. The van der Waals surface area contributed by atoms with Crippen molar-refractivity contribution < 1.29 is 4.79 Å². The molecule has 0 spiro atoms. The molecule has 0 aliphatic rings. The van der Waals surface area contributed by atoms with E-state index in [0.717, 1.165) is 23.2 Å². The Hall–Kier alpha value is -3.32. The lowest BCUT2D eigenvalue weighted by Gasteiger charge is -2.11. The predicted octanol–water partition coefficient (Wildman–Crippen LogP) is 2.79. The number of benzene rings is 2. The van der Waals surface area contributed by atoms with Gasteiger partial charge in [-0.25, -0.2) is 4.68 Å². The summed E-state index contributed by atoms with van der Waals surface area (Å²) in [5.41, 5.74) is 3.73. The standard InChI is InChI=1S/C22H25ClN6O/c1-24-21(30)18-5-3-4-16(12-18)10-11-26-22(25-2)27-13-17-14-28-29(15-17)20-8-6-19(23)7-9-20/h3-9,12,14-15H,10-11,13H2,1-2H3,(H,24,30)(H2,25,26,27). The SMILES string of the molecule is CN=C(NCCc1cccc(C(=O)NC)c1)NCc1cnn(-c2ccc(Cl)cc2)c1. The summed E-state index contributed by atoms with van der Waals surface area (Å²) in [6.07, 6.45) is 4.56. The van der Waals surface area contributed by atoms with E-state index in [1.807, 2.05) is 59.5 Å². The van der Waals surface area contributed by atoms with Gasteiger partial charge in [0.1, 0.15) is 0 Å². The van der Waals surface area contributed by atoms with Crippen molar-refractivity contribution in [3.63, 3.8) is 0 Å². The van der Waals surface area contributed by atoms with E-state index < -0.39 is 0 Å². The molecule has 0 aliphatic heterocycles. The summed E-state index contributed by atoms with van der Waals surface area (Å²) >= 11 is 5.94. The summed E-state index contributed by atoms with van der Waals surface area (Å²) < 4.78 is 1.81. The smallest absolute Gasteiger partial charge is 0.251 e. The Morgan fingerprint density at radius 3 is 2.67 bits per heavy atom. The molecular formula is C22H25ClN6O. The number of halogens is 1. The van der Waals surface area contributed by atoms with Crippen LogP contribution in [0.25, 0.3) is 5.69 Å². The van der Waals surface area contributed by atoms with Crippen LogP contribution in [0.2, 0.25) is 5.02 Å². The number of hydrogen-bond donors (Lipinski definition) is 3.